The van der Waals surface area contributed by atoms with E-state index in [1.807, 2.05) is 12.1 Å². The maximum absolute atomic E-state index is 12.0. The monoisotopic (exact) mass is 408 g/mol. The number of fused-ring (bicyclic) bond motifs is 1. The topological polar surface area (TPSA) is 69.9 Å². The van der Waals surface area contributed by atoms with E-state index in [1.165, 1.54) is 21.8 Å². The molecular weight excluding hydrogens is 396 g/mol. The third-order valence-corrected chi connectivity index (χ3v) is 4.46. The molecule has 0 amide bonds. The Morgan fingerprint density at radius 2 is 2.12 bits per heavy atom. The van der Waals surface area contributed by atoms with Gasteiger partial charge in [0.05, 0.1) is 5.69 Å². The van der Waals surface area contributed by atoms with Crippen LogP contribution in [-0.4, -0.2) is 21.5 Å². The van der Waals surface area contributed by atoms with Gasteiger partial charge in [0.15, 0.2) is 11.1 Å². The van der Waals surface area contributed by atoms with Gasteiger partial charge < -0.3 is 9.47 Å². The van der Waals surface area contributed by atoms with E-state index in [9.17, 15) is 9.59 Å². The summed E-state index contributed by atoms with van der Waals surface area (Å²) in [5.41, 5.74) is 0.207. The Morgan fingerprint density at radius 3 is 2.88 bits per heavy atom. The van der Waals surface area contributed by atoms with Gasteiger partial charge in [0, 0.05) is 22.1 Å². The van der Waals surface area contributed by atoms with Crippen molar-refractivity contribution in [2.24, 2.45) is 0 Å². The molecule has 3 aromatic rings. The number of hydrogen-bond acceptors (Lipinski definition) is 6. The van der Waals surface area contributed by atoms with Crippen LogP contribution in [0.25, 0.3) is 4.96 Å². The van der Waals surface area contributed by atoms with Crippen LogP contribution in [0.4, 0.5) is 0 Å². The number of nitrogens with zero attached hydrogens (tertiary/aromatic N) is 2. The van der Waals surface area contributed by atoms with Crippen molar-refractivity contribution in [2.75, 3.05) is 0 Å². The van der Waals surface area contributed by atoms with Gasteiger partial charge >= 0.3 is 5.97 Å². The predicted octanol–water partition coefficient (Wildman–Crippen LogP) is 3.03. The van der Waals surface area contributed by atoms with Crippen molar-refractivity contribution in [1.82, 2.24) is 9.38 Å². The van der Waals surface area contributed by atoms with Crippen LogP contribution in [0.1, 0.15) is 12.6 Å². The number of thiazole rings is 1. The number of carbonyl (C=O) groups is 1. The van der Waals surface area contributed by atoms with E-state index in [0.29, 0.717) is 16.4 Å². The second-order valence-corrected chi connectivity index (χ2v) is 6.75. The summed E-state index contributed by atoms with van der Waals surface area (Å²) in [6, 6.07) is 8.50. The van der Waals surface area contributed by atoms with Gasteiger partial charge in [0.1, 0.15) is 12.4 Å². The second-order valence-electron chi connectivity index (χ2n) is 4.96. The molecule has 3 rings (SSSR count). The van der Waals surface area contributed by atoms with Gasteiger partial charge in [-0.25, -0.2) is 9.78 Å². The Kier molecular flexibility index (Phi) is 4.96. The summed E-state index contributed by atoms with van der Waals surface area (Å²) in [7, 11) is 0. The predicted molar refractivity (Wildman–Crippen MR) is 93.4 cm³/mol. The third-order valence-electron chi connectivity index (χ3n) is 3.18. The summed E-state index contributed by atoms with van der Waals surface area (Å²) >= 11 is 4.67. The lowest BCUT2D eigenvalue weighted by molar-refractivity contribution is -0.152. The zero-order valence-corrected chi connectivity index (χ0v) is 15.0. The molecule has 0 saturated heterocycles. The molecule has 6 nitrogen and oxygen atoms in total. The van der Waals surface area contributed by atoms with Gasteiger partial charge in [-0.15, -0.1) is 11.3 Å². The number of hydrogen-bond donors (Lipinski definition) is 0. The third kappa shape index (κ3) is 3.82. The SMILES string of the molecule is C[C@@H](Oc1ccc(Br)cc1)C(=O)OCc1cc(=O)n2ccsc2n1. The maximum Gasteiger partial charge on any atom is 0.347 e. The summed E-state index contributed by atoms with van der Waals surface area (Å²) in [6.07, 6.45) is 0.886. The normalized spacial score (nSPS) is 12.1. The number of halogens is 1. The molecule has 0 saturated carbocycles. The Labute approximate surface area is 149 Å². The largest absolute Gasteiger partial charge is 0.479 e. The number of esters is 1. The molecule has 1 aromatic carbocycles. The van der Waals surface area contributed by atoms with Crippen molar-refractivity contribution in [3.63, 3.8) is 0 Å². The molecule has 0 aliphatic rings. The maximum atomic E-state index is 12.0. The molecule has 2 aromatic heterocycles. The van der Waals surface area contributed by atoms with Crippen molar-refractivity contribution in [2.45, 2.75) is 19.6 Å². The molecule has 0 bridgehead atoms. The second kappa shape index (κ2) is 7.14. The van der Waals surface area contributed by atoms with Gasteiger partial charge in [0.25, 0.3) is 5.56 Å². The fourth-order valence-electron chi connectivity index (χ4n) is 1.99. The lowest BCUT2D eigenvalue weighted by Gasteiger charge is -2.13. The zero-order valence-electron chi connectivity index (χ0n) is 12.6. The molecule has 1 atom stereocenters. The number of aromatic nitrogens is 2. The molecule has 0 N–H and O–H groups in total. The van der Waals surface area contributed by atoms with Crippen molar-refractivity contribution >= 4 is 38.2 Å². The smallest absolute Gasteiger partial charge is 0.347 e. The van der Waals surface area contributed by atoms with Crippen LogP contribution in [0.2, 0.25) is 0 Å². The molecule has 0 unspecified atom stereocenters. The molecule has 124 valence electrons. The number of benzene rings is 1. The average Bonchev–Trinajstić information content (AvgIpc) is 3.04. The molecule has 0 fully saturated rings. The Morgan fingerprint density at radius 1 is 1.38 bits per heavy atom. The van der Waals surface area contributed by atoms with Gasteiger partial charge in [-0.05, 0) is 31.2 Å². The lowest BCUT2D eigenvalue weighted by atomic mass is 10.3. The summed E-state index contributed by atoms with van der Waals surface area (Å²) in [5.74, 6) is 0.0464. The minimum atomic E-state index is -0.766. The molecule has 8 heteroatoms. The Bertz CT molecular complexity index is 920. The molecule has 0 aliphatic carbocycles. The van der Waals surface area contributed by atoms with E-state index >= 15 is 0 Å². The molecular formula is C16H13BrN2O4S. The first-order valence-electron chi connectivity index (χ1n) is 7.07. The summed E-state index contributed by atoms with van der Waals surface area (Å²) in [4.78, 5) is 28.7. The number of carbonyl (C=O) groups excluding carboxylic acids is 1. The van der Waals surface area contributed by atoms with Crippen LogP contribution in [0.3, 0.4) is 0 Å². The molecule has 0 radical (unpaired) electrons. The van der Waals surface area contributed by atoms with Gasteiger partial charge in [-0.1, -0.05) is 15.9 Å². The minimum absolute atomic E-state index is 0.0729. The summed E-state index contributed by atoms with van der Waals surface area (Å²) in [5, 5.41) is 1.77. The van der Waals surface area contributed by atoms with E-state index in [-0.39, 0.29) is 12.2 Å². The van der Waals surface area contributed by atoms with E-state index in [1.54, 1.807) is 30.6 Å². The molecule has 24 heavy (non-hydrogen) atoms. The highest BCUT2D eigenvalue weighted by atomic mass is 79.9. The van der Waals surface area contributed by atoms with Crippen LogP contribution >= 0.6 is 27.3 Å². The lowest BCUT2D eigenvalue weighted by Crippen LogP contribution is -2.26. The van der Waals surface area contributed by atoms with Crippen LogP contribution in [0.5, 0.6) is 5.75 Å². The fourth-order valence-corrected chi connectivity index (χ4v) is 2.99. The van der Waals surface area contributed by atoms with E-state index in [2.05, 4.69) is 20.9 Å². The number of ether oxygens (including phenoxy) is 2. The highest BCUT2D eigenvalue weighted by Gasteiger charge is 2.17. The summed E-state index contributed by atoms with van der Waals surface area (Å²) < 4.78 is 13.1. The van der Waals surface area contributed by atoms with Crippen LogP contribution in [0.15, 0.2) is 51.2 Å². The van der Waals surface area contributed by atoms with E-state index in [0.717, 1.165) is 4.47 Å². The minimum Gasteiger partial charge on any atom is -0.479 e. The zero-order chi connectivity index (χ0) is 17.1. The Hall–Kier alpha value is -2.19. The van der Waals surface area contributed by atoms with Crippen molar-refractivity contribution in [1.29, 1.82) is 0 Å². The first-order chi connectivity index (χ1) is 11.5. The van der Waals surface area contributed by atoms with Crippen molar-refractivity contribution < 1.29 is 14.3 Å². The van der Waals surface area contributed by atoms with Crippen molar-refractivity contribution in [3.05, 3.63) is 62.4 Å². The fraction of sp³-hybridized carbons (Fsp3) is 0.188. The quantitative estimate of drug-likeness (QED) is 0.606. The average molecular weight is 409 g/mol. The first kappa shape index (κ1) is 16.7. The van der Waals surface area contributed by atoms with Crippen LogP contribution in [0, 0.1) is 0 Å². The van der Waals surface area contributed by atoms with E-state index < -0.39 is 12.1 Å². The van der Waals surface area contributed by atoms with Crippen LogP contribution < -0.4 is 10.3 Å². The van der Waals surface area contributed by atoms with Gasteiger partial charge in [-0.3, -0.25) is 9.20 Å². The standard InChI is InChI=1S/C16H13BrN2O4S/c1-10(23-13-4-2-11(17)3-5-13)15(21)22-9-12-8-14(20)19-6-7-24-16(19)18-12/h2-8,10H,9H2,1H3/t10-/m1/s1. The molecule has 0 aliphatic heterocycles. The van der Waals surface area contributed by atoms with Gasteiger partial charge in [-0.2, -0.15) is 0 Å². The highest BCUT2D eigenvalue weighted by molar-refractivity contribution is 9.10. The van der Waals surface area contributed by atoms with E-state index in [4.69, 9.17) is 9.47 Å². The highest BCUT2D eigenvalue weighted by Crippen LogP contribution is 2.17. The number of rotatable bonds is 5. The van der Waals surface area contributed by atoms with Crippen molar-refractivity contribution in [3.8, 4) is 5.75 Å². The first-order valence-corrected chi connectivity index (χ1v) is 8.75. The Balaban J connectivity index is 1.61. The van der Waals surface area contributed by atoms with Crippen LogP contribution in [-0.2, 0) is 16.1 Å². The molecule has 0 spiro atoms. The summed E-state index contributed by atoms with van der Waals surface area (Å²) in [6.45, 7) is 1.53. The molecule has 2 heterocycles. The van der Waals surface area contributed by atoms with Gasteiger partial charge in [0.2, 0.25) is 0 Å².